The maximum absolute atomic E-state index is 11.7. The van der Waals surface area contributed by atoms with E-state index < -0.39 is 0 Å². The van der Waals surface area contributed by atoms with Crippen LogP contribution in [0, 0.1) is 0 Å². The fraction of sp³-hybridized carbons (Fsp3) is 0.438. The molecule has 17 heavy (non-hydrogen) atoms. The molecule has 1 aromatic carbocycles. The summed E-state index contributed by atoms with van der Waals surface area (Å²) >= 11 is 0. The van der Waals surface area contributed by atoms with Gasteiger partial charge >= 0.3 is 0 Å². The molecule has 1 aromatic rings. The van der Waals surface area contributed by atoms with Crippen molar-refractivity contribution in [2.24, 2.45) is 0 Å². The highest BCUT2D eigenvalue weighted by atomic mass is 16.1. The van der Waals surface area contributed by atoms with Crippen LogP contribution in [0.3, 0.4) is 0 Å². The molecule has 0 fully saturated rings. The molecule has 0 bridgehead atoms. The van der Waals surface area contributed by atoms with Crippen LogP contribution in [-0.2, 0) is 4.79 Å². The maximum atomic E-state index is 11.7. The van der Waals surface area contributed by atoms with Gasteiger partial charge in [-0.25, -0.2) is 0 Å². The van der Waals surface area contributed by atoms with Gasteiger partial charge in [-0.1, -0.05) is 56.5 Å². The van der Waals surface area contributed by atoms with Crippen molar-refractivity contribution in [3.63, 3.8) is 0 Å². The van der Waals surface area contributed by atoms with E-state index >= 15 is 0 Å². The lowest BCUT2D eigenvalue weighted by molar-refractivity contribution is -0.114. The van der Waals surface area contributed by atoms with E-state index in [1.165, 1.54) is 19.3 Å². The van der Waals surface area contributed by atoms with E-state index in [0.29, 0.717) is 6.42 Å². The minimum Gasteiger partial charge on any atom is -0.295 e. The Kier molecular flexibility index (Phi) is 6.31. The molecule has 0 amide bonds. The van der Waals surface area contributed by atoms with Gasteiger partial charge in [0.25, 0.3) is 0 Å². The smallest absolute Gasteiger partial charge is 0.155 e. The van der Waals surface area contributed by atoms with Crippen LogP contribution in [0.25, 0.3) is 5.57 Å². The molecule has 1 nitrogen and oxygen atoms in total. The number of hydrogen-bond acceptors (Lipinski definition) is 1. The number of rotatable bonds is 7. The molecule has 0 radical (unpaired) electrons. The van der Waals surface area contributed by atoms with E-state index in [1.54, 1.807) is 6.08 Å². The summed E-state index contributed by atoms with van der Waals surface area (Å²) in [5.41, 5.74) is 2.19. The van der Waals surface area contributed by atoms with Crippen LogP contribution in [0.4, 0.5) is 0 Å². The molecule has 0 spiro atoms. The van der Waals surface area contributed by atoms with Gasteiger partial charge in [-0.15, -0.1) is 0 Å². The lowest BCUT2D eigenvalue weighted by atomic mass is 10.0. The third-order valence-electron chi connectivity index (χ3n) is 2.88. The Morgan fingerprint density at radius 2 is 1.82 bits per heavy atom. The first kappa shape index (κ1) is 13.7. The Morgan fingerprint density at radius 1 is 1.12 bits per heavy atom. The normalized spacial score (nSPS) is 11.5. The molecular weight excluding hydrogens is 208 g/mol. The number of ketones is 1. The number of hydrogen-bond donors (Lipinski definition) is 0. The van der Waals surface area contributed by atoms with Crippen LogP contribution in [-0.4, -0.2) is 5.78 Å². The van der Waals surface area contributed by atoms with Gasteiger partial charge in [0, 0.05) is 6.42 Å². The molecule has 1 heteroatoms. The second-order valence-corrected chi connectivity index (χ2v) is 4.47. The van der Waals surface area contributed by atoms with Crippen molar-refractivity contribution >= 4 is 11.4 Å². The highest BCUT2D eigenvalue weighted by Gasteiger charge is 2.00. The largest absolute Gasteiger partial charge is 0.295 e. The molecule has 0 atom stereocenters. The van der Waals surface area contributed by atoms with Crippen molar-refractivity contribution in [2.75, 3.05) is 0 Å². The molecule has 1 rings (SSSR count). The monoisotopic (exact) mass is 230 g/mol. The zero-order valence-corrected chi connectivity index (χ0v) is 10.9. The molecule has 0 unspecified atom stereocenters. The number of unbranched alkanes of at least 4 members (excludes halogenated alkanes) is 3. The fourth-order valence-electron chi connectivity index (χ4n) is 1.82. The third-order valence-corrected chi connectivity index (χ3v) is 2.88. The van der Waals surface area contributed by atoms with Crippen molar-refractivity contribution in [2.45, 2.75) is 46.0 Å². The SMILES string of the molecule is CCCCCCC(=O)/C=C(/C)c1ccccc1. The van der Waals surface area contributed by atoms with E-state index in [-0.39, 0.29) is 5.78 Å². The summed E-state index contributed by atoms with van der Waals surface area (Å²) in [7, 11) is 0. The predicted molar refractivity (Wildman–Crippen MR) is 73.9 cm³/mol. The topological polar surface area (TPSA) is 17.1 Å². The van der Waals surface area contributed by atoms with E-state index in [0.717, 1.165) is 17.6 Å². The second kappa shape index (κ2) is 7.83. The van der Waals surface area contributed by atoms with E-state index in [1.807, 2.05) is 37.3 Å². The van der Waals surface area contributed by atoms with Gasteiger partial charge in [0.1, 0.15) is 0 Å². The highest BCUT2D eigenvalue weighted by molar-refractivity contribution is 5.96. The fourth-order valence-corrected chi connectivity index (χ4v) is 1.82. The minimum absolute atomic E-state index is 0.252. The van der Waals surface area contributed by atoms with Gasteiger partial charge in [-0.3, -0.25) is 4.79 Å². The Balaban J connectivity index is 2.43. The lowest BCUT2D eigenvalue weighted by Crippen LogP contribution is -1.94. The van der Waals surface area contributed by atoms with Crippen LogP contribution < -0.4 is 0 Å². The lowest BCUT2D eigenvalue weighted by Gasteiger charge is -2.01. The number of carbonyl (C=O) groups excluding carboxylic acids is 1. The molecule has 0 saturated heterocycles. The van der Waals surface area contributed by atoms with Gasteiger partial charge in [0.15, 0.2) is 5.78 Å². The zero-order chi connectivity index (χ0) is 12.5. The molecule has 0 aliphatic heterocycles. The molecule has 0 aromatic heterocycles. The van der Waals surface area contributed by atoms with Gasteiger partial charge in [-0.05, 0) is 30.6 Å². The molecule has 0 aliphatic rings. The quantitative estimate of drug-likeness (QED) is 0.493. The van der Waals surface area contributed by atoms with Crippen LogP contribution in [0.15, 0.2) is 36.4 Å². The van der Waals surface area contributed by atoms with Gasteiger partial charge in [0.05, 0.1) is 0 Å². The predicted octanol–water partition coefficient (Wildman–Crippen LogP) is 4.63. The summed E-state index contributed by atoms with van der Waals surface area (Å²) in [6.07, 6.45) is 7.10. The Hall–Kier alpha value is -1.37. The van der Waals surface area contributed by atoms with Crippen molar-refractivity contribution < 1.29 is 4.79 Å². The number of carbonyl (C=O) groups is 1. The maximum Gasteiger partial charge on any atom is 0.155 e. The van der Waals surface area contributed by atoms with Gasteiger partial charge in [0.2, 0.25) is 0 Å². The average Bonchev–Trinajstić information content (AvgIpc) is 2.36. The summed E-state index contributed by atoms with van der Waals surface area (Å²) in [6.45, 7) is 4.18. The number of benzene rings is 1. The van der Waals surface area contributed by atoms with Gasteiger partial charge < -0.3 is 0 Å². The van der Waals surface area contributed by atoms with Crippen molar-refractivity contribution in [3.8, 4) is 0 Å². The molecular formula is C16H22O. The van der Waals surface area contributed by atoms with E-state index in [4.69, 9.17) is 0 Å². The average molecular weight is 230 g/mol. The van der Waals surface area contributed by atoms with Crippen LogP contribution >= 0.6 is 0 Å². The summed E-state index contributed by atoms with van der Waals surface area (Å²) in [5.74, 6) is 0.252. The van der Waals surface area contributed by atoms with Crippen LogP contribution in [0.1, 0.15) is 51.5 Å². The van der Waals surface area contributed by atoms with Crippen LogP contribution in [0.5, 0.6) is 0 Å². The molecule has 92 valence electrons. The third kappa shape index (κ3) is 5.48. The Labute approximate surface area is 105 Å². The van der Waals surface area contributed by atoms with Crippen molar-refractivity contribution in [3.05, 3.63) is 42.0 Å². The van der Waals surface area contributed by atoms with E-state index in [9.17, 15) is 4.79 Å². The van der Waals surface area contributed by atoms with Gasteiger partial charge in [-0.2, -0.15) is 0 Å². The first-order chi connectivity index (χ1) is 8.24. The minimum atomic E-state index is 0.252. The van der Waals surface area contributed by atoms with E-state index in [2.05, 4.69) is 6.92 Å². The molecule has 0 N–H and O–H groups in total. The highest BCUT2D eigenvalue weighted by Crippen LogP contribution is 2.13. The summed E-state index contributed by atoms with van der Waals surface area (Å²) in [5, 5.41) is 0. The second-order valence-electron chi connectivity index (χ2n) is 4.47. The Bertz CT molecular complexity index is 362. The molecule has 0 heterocycles. The first-order valence-corrected chi connectivity index (χ1v) is 6.50. The Morgan fingerprint density at radius 3 is 2.47 bits per heavy atom. The summed E-state index contributed by atoms with van der Waals surface area (Å²) < 4.78 is 0. The van der Waals surface area contributed by atoms with Crippen molar-refractivity contribution in [1.29, 1.82) is 0 Å². The number of allylic oxidation sites excluding steroid dienone is 2. The molecule has 0 aliphatic carbocycles. The standard InChI is InChI=1S/C16H22O/c1-3-4-5-9-12-16(17)13-14(2)15-10-7-6-8-11-15/h6-8,10-11,13H,3-5,9,12H2,1-2H3/b14-13-. The zero-order valence-electron chi connectivity index (χ0n) is 10.9. The first-order valence-electron chi connectivity index (χ1n) is 6.50. The van der Waals surface area contributed by atoms with Crippen molar-refractivity contribution in [1.82, 2.24) is 0 Å². The summed E-state index contributed by atoms with van der Waals surface area (Å²) in [6, 6.07) is 10.1. The van der Waals surface area contributed by atoms with Crippen LogP contribution in [0.2, 0.25) is 0 Å². The molecule has 0 saturated carbocycles. The summed E-state index contributed by atoms with van der Waals surface area (Å²) in [4.78, 5) is 11.7.